The van der Waals surface area contributed by atoms with Crippen LogP contribution in [0.3, 0.4) is 0 Å². The highest BCUT2D eigenvalue weighted by Gasteiger charge is 2.33. The van der Waals surface area contributed by atoms with E-state index in [9.17, 15) is 20.0 Å². The van der Waals surface area contributed by atoms with Crippen LogP contribution in [-0.2, 0) is 4.79 Å². The standard InChI is InChI=1S/C13H18N2O5/c1-3-7-14-13(2,12(16)17)9-20-11-6-4-5-10(8-11)15(18)19/h4-6,8,14H,3,7,9H2,1-2H3,(H,16,17). The van der Waals surface area contributed by atoms with Crippen LogP contribution in [0.5, 0.6) is 5.75 Å². The zero-order valence-electron chi connectivity index (χ0n) is 11.5. The molecule has 0 spiro atoms. The Bertz CT molecular complexity index is 491. The van der Waals surface area contributed by atoms with Crippen LogP contribution in [0.15, 0.2) is 24.3 Å². The Hall–Kier alpha value is -2.15. The number of nitro groups is 1. The molecule has 0 bridgehead atoms. The number of carboxylic acid groups (broad SMARTS) is 1. The van der Waals surface area contributed by atoms with Crippen LogP contribution in [0, 0.1) is 10.1 Å². The van der Waals surface area contributed by atoms with E-state index in [0.717, 1.165) is 6.42 Å². The quantitative estimate of drug-likeness (QED) is 0.557. The predicted molar refractivity (Wildman–Crippen MR) is 72.9 cm³/mol. The molecule has 1 aromatic carbocycles. The second kappa shape index (κ2) is 6.85. The van der Waals surface area contributed by atoms with Gasteiger partial charge in [0, 0.05) is 6.07 Å². The van der Waals surface area contributed by atoms with Crippen LogP contribution in [0.1, 0.15) is 20.3 Å². The van der Waals surface area contributed by atoms with Gasteiger partial charge in [-0.15, -0.1) is 0 Å². The van der Waals surface area contributed by atoms with Crippen molar-refractivity contribution >= 4 is 11.7 Å². The predicted octanol–water partition coefficient (Wildman–Crippen LogP) is 1.82. The molecule has 1 atom stereocenters. The first-order valence-corrected chi connectivity index (χ1v) is 6.24. The molecule has 7 heteroatoms. The highest BCUT2D eigenvalue weighted by molar-refractivity contribution is 5.78. The van der Waals surface area contributed by atoms with Crippen molar-refractivity contribution in [3.05, 3.63) is 34.4 Å². The summed E-state index contributed by atoms with van der Waals surface area (Å²) < 4.78 is 5.37. The van der Waals surface area contributed by atoms with Gasteiger partial charge in [0.2, 0.25) is 0 Å². The number of nitrogens with zero attached hydrogens (tertiary/aromatic N) is 1. The van der Waals surface area contributed by atoms with Crippen molar-refractivity contribution in [3.63, 3.8) is 0 Å². The third-order valence-corrected chi connectivity index (χ3v) is 2.79. The SMILES string of the molecule is CCCNC(C)(COc1cccc([N+](=O)[O-])c1)C(=O)O. The second-order valence-electron chi connectivity index (χ2n) is 4.61. The van der Waals surface area contributed by atoms with Gasteiger partial charge in [-0.1, -0.05) is 13.0 Å². The van der Waals surface area contributed by atoms with Gasteiger partial charge in [0.05, 0.1) is 11.0 Å². The van der Waals surface area contributed by atoms with Crippen molar-refractivity contribution in [2.45, 2.75) is 25.8 Å². The average molecular weight is 282 g/mol. The van der Waals surface area contributed by atoms with Crippen molar-refractivity contribution in [3.8, 4) is 5.75 Å². The summed E-state index contributed by atoms with van der Waals surface area (Å²) in [5.74, 6) is -0.763. The van der Waals surface area contributed by atoms with Gasteiger partial charge in [-0.3, -0.25) is 20.2 Å². The van der Waals surface area contributed by atoms with Gasteiger partial charge >= 0.3 is 5.97 Å². The summed E-state index contributed by atoms with van der Waals surface area (Å²) in [4.78, 5) is 21.4. The van der Waals surface area contributed by atoms with E-state index in [2.05, 4.69) is 5.32 Å². The molecule has 7 nitrogen and oxygen atoms in total. The first kappa shape index (κ1) is 15.9. The molecule has 1 rings (SSSR count). The highest BCUT2D eigenvalue weighted by Crippen LogP contribution is 2.20. The van der Waals surface area contributed by atoms with Crippen molar-refractivity contribution < 1.29 is 19.6 Å². The monoisotopic (exact) mass is 282 g/mol. The normalized spacial score (nSPS) is 13.5. The van der Waals surface area contributed by atoms with E-state index in [0.29, 0.717) is 6.54 Å². The van der Waals surface area contributed by atoms with Crippen LogP contribution in [-0.4, -0.2) is 34.7 Å². The topological polar surface area (TPSA) is 102 Å². The summed E-state index contributed by atoms with van der Waals surface area (Å²) in [7, 11) is 0. The van der Waals surface area contributed by atoms with E-state index in [1.807, 2.05) is 6.92 Å². The fraction of sp³-hybridized carbons (Fsp3) is 0.462. The van der Waals surface area contributed by atoms with E-state index in [1.54, 1.807) is 6.07 Å². The molecule has 0 radical (unpaired) electrons. The Kier molecular flexibility index (Phi) is 5.45. The first-order valence-electron chi connectivity index (χ1n) is 6.24. The number of non-ortho nitro benzene ring substituents is 1. The number of carboxylic acids is 1. The van der Waals surface area contributed by atoms with Gasteiger partial charge in [-0.05, 0) is 26.0 Å². The molecular formula is C13H18N2O5. The van der Waals surface area contributed by atoms with E-state index < -0.39 is 16.4 Å². The smallest absolute Gasteiger partial charge is 0.327 e. The Morgan fingerprint density at radius 3 is 2.80 bits per heavy atom. The molecule has 2 N–H and O–H groups in total. The van der Waals surface area contributed by atoms with Crippen LogP contribution >= 0.6 is 0 Å². The number of rotatable bonds is 8. The number of hydrogen-bond donors (Lipinski definition) is 2. The van der Waals surface area contributed by atoms with E-state index in [4.69, 9.17) is 4.74 Å². The third-order valence-electron chi connectivity index (χ3n) is 2.79. The molecule has 0 heterocycles. The van der Waals surface area contributed by atoms with E-state index >= 15 is 0 Å². The molecular weight excluding hydrogens is 264 g/mol. The number of nitrogens with one attached hydrogen (secondary N) is 1. The highest BCUT2D eigenvalue weighted by atomic mass is 16.6. The fourth-order valence-electron chi connectivity index (χ4n) is 1.50. The zero-order chi connectivity index (χ0) is 15.2. The van der Waals surface area contributed by atoms with Crippen molar-refractivity contribution in [2.24, 2.45) is 0 Å². The van der Waals surface area contributed by atoms with Gasteiger partial charge in [0.15, 0.2) is 0 Å². The molecule has 110 valence electrons. The maximum atomic E-state index is 11.3. The minimum absolute atomic E-state index is 0.0963. The molecule has 1 unspecified atom stereocenters. The first-order chi connectivity index (χ1) is 9.39. The van der Waals surface area contributed by atoms with E-state index in [1.165, 1.54) is 25.1 Å². The van der Waals surface area contributed by atoms with Gasteiger partial charge in [-0.25, -0.2) is 0 Å². The Labute approximate surface area is 116 Å². The fourth-order valence-corrected chi connectivity index (χ4v) is 1.50. The number of carbonyl (C=O) groups is 1. The van der Waals surface area contributed by atoms with Crippen LogP contribution in [0.25, 0.3) is 0 Å². The van der Waals surface area contributed by atoms with Gasteiger partial charge < -0.3 is 9.84 Å². The molecule has 1 aromatic rings. The summed E-state index contributed by atoms with van der Waals surface area (Å²) in [6, 6.07) is 5.65. The van der Waals surface area contributed by atoms with Crippen molar-refractivity contribution in [1.29, 1.82) is 0 Å². The van der Waals surface area contributed by atoms with Crippen LogP contribution in [0.4, 0.5) is 5.69 Å². The van der Waals surface area contributed by atoms with Crippen molar-refractivity contribution in [2.75, 3.05) is 13.2 Å². The molecule has 0 aliphatic heterocycles. The Balaban J connectivity index is 2.75. The lowest BCUT2D eigenvalue weighted by Crippen LogP contribution is -2.54. The van der Waals surface area contributed by atoms with Crippen LogP contribution < -0.4 is 10.1 Å². The molecule has 0 aliphatic rings. The molecule has 0 saturated carbocycles. The maximum Gasteiger partial charge on any atom is 0.327 e. The molecule has 0 amide bonds. The third kappa shape index (κ3) is 4.20. The number of nitro benzene ring substituents is 1. The molecule has 20 heavy (non-hydrogen) atoms. The summed E-state index contributed by atoms with van der Waals surface area (Å²) in [5.41, 5.74) is -1.33. The van der Waals surface area contributed by atoms with Gasteiger partial charge in [0.1, 0.15) is 17.9 Å². The lowest BCUT2D eigenvalue weighted by Gasteiger charge is -2.26. The Morgan fingerprint density at radius 2 is 2.25 bits per heavy atom. The maximum absolute atomic E-state index is 11.3. The Morgan fingerprint density at radius 1 is 1.55 bits per heavy atom. The lowest BCUT2D eigenvalue weighted by atomic mass is 10.0. The van der Waals surface area contributed by atoms with Gasteiger partial charge in [-0.2, -0.15) is 0 Å². The molecule has 0 saturated heterocycles. The number of ether oxygens (including phenoxy) is 1. The average Bonchev–Trinajstić information content (AvgIpc) is 2.43. The molecule has 0 aliphatic carbocycles. The molecule has 0 fully saturated rings. The van der Waals surface area contributed by atoms with E-state index in [-0.39, 0.29) is 18.0 Å². The summed E-state index contributed by atoms with van der Waals surface area (Å²) in [6.07, 6.45) is 0.791. The number of hydrogen-bond acceptors (Lipinski definition) is 5. The van der Waals surface area contributed by atoms with Gasteiger partial charge in [0.25, 0.3) is 5.69 Å². The molecule has 0 aromatic heterocycles. The summed E-state index contributed by atoms with van der Waals surface area (Å²) in [6.45, 7) is 3.86. The minimum atomic E-state index is -1.24. The second-order valence-corrected chi connectivity index (χ2v) is 4.61. The largest absolute Gasteiger partial charge is 0.491 e. The van der Waals surface area contributed by atoms with Crippen LogP contribution in [0.2, 0.25) is 0 Å². The van der Waals surface area contributed by atoms with Crippen molar-refractivity contribution in [1.82, 2.24) is 5.32 Å². The zero-order valence-corrected chi connectivity index (χ0v) is 11.5. The lowest BCUT2D eigenvalue weighted by molar-refractivity contribution is -0.384. The minimum Gasteiger partial charge on any atom is -0.491 e. The number of aliphatic carboxylic acids is 1. The summed E-state index contributed by atoms with van der Waals surface area (Å²) in [5, 5.41) is 22.8. The summed E-state index contributed by atoms with van der Waals surface area (Å²) >= 11 is 0. The number of benzene rings is 1.